The van der Waals surface area contributed by atoms with Gasteiger partial charge < -0.3 is 10.2 Å². The number of hydrogen-bond donors (Lipinski definition) is 1. The SMILES string of the molecule is CNc1ncnnc1C1CCN(C)CC1. The van der Waals surface area contributed by atoms with Gasteiger partial charge in [0, 0.05) is 13.0 Å². The first kappa shape index (κ1) is 10.3. The Morgan fingerprint density at radius 2 is 2.13 bits per heavy atom. The van der Waals surface area contributed by atoms with Crippen molar-refractivity contribution in [1.29, 1.82) is 0 Å². The largest absolute Gasteiger partial charge is 0.372 e. The van der Waals surface area contributed by atoms with Crippen LogP contribution in [0.3, 0.4) is 0 Å². The van der Waals surface area contributed by atoms with E-state index in [2.05, 4.69) is 32.4 Å². The smallest absolute Gasteiger partial charge is 0.151 e. The van der Waals surface area contributed by atoms with Gasteiger partial charge in [0.05, 0.1) is 0 Å². The second-order valence-electron chi connectivity index (χ2n) is 4.02. The third-order valence-electron chi connectivity index (χ3n) is 2.99. The average molecular weight is 207 g/mol. The fourth-order valence-electron chi connectivity index (χ4n) is 2.03. The van der Waals surface area contributed by atoms with Gasteiger partial charge in [-0.25, -0.2) is 4.98 Å². The van der Waals surface area contributed by atoms with E-state index < -0.39 is 0 Å². The van der Waals surface area contributed by atoms with Crippen LogP contribution in [0.25, 0.3) is 0 Å². The zero-order valence-electron chi connectivity index (χ0n) is 9.27. The van der Waals surface area contributed by atoms with Gasteiger partial charge in [-0.15, -0.1) is 10.2 Å². The lowest BCUT2D eigenvalue weighted by atomic mass is 9.93. The summed E-state index contributed by atoms with van der Waals surface area (Å²) in [7, 11) is 4.03. The molecule has 0 aliphatic carbocycles. The summed E-state index contributed by atoms with van der Waals surface area (Å²) in [5, 5.41) is 11.2. The number of anilines is 1. The summed E-state index contributed by atoms with van der Waals surface area (Å²) in [5.41, 5.74) is 1.02. The molecule has 1 saturated heterocycles. The lowest BCUT2D eigenvalue weighted by Crippen LogP contribution is -2.30. The Kier molecular flexibility index (Phi) is 3.11. The van der Waals surface area contributed by atoms with E-state index in [4.69, 9.17) is 0 Å². The molecule has 0 atom stereocenters. The van der Waals surface area contributed by atoms with E-state index in [1.54, 1.807) is 0 Å². The predicted octanol–water partition coefficient (Wildman–Crippen LogP) is 0.722. The number of nitrogens with zero attached hydrogens (tertiary/aromatic N) is 4. The topological polar surface area (TPSA) is 53.9 Å². The summed E-state index contributed by atoms with van der Waals surface area (Å²) < 4.78 is 0. The molecule has 1 aliphatic rings. The Morgan fingerprint density at radius 1 is 1.40 bits per heavy atom. The second kappa shape index (κ2) is 4.53. The van der Waals surface area contributed by atoms with Crippen molar-refractivity contribution in [2.45, 2.75) is 18.8 Å². The highest BCUT2D eigenvalue weighted by molar-refractivity contribution is 5.40. The van der Waals surface area contributed by atoms with E-state index in [-0.39, 0.29) is 0 Å². The molecule has 2 rings (SSSR count). The number of aromatic nitrogens is 3. The maximum atomic E-state index is 4.20. The summed E-state index contributed by atoms with van der Waals surface area (Å²) in [6.07, 6.45) is 3.78. The van der Waals surface area contributed by atoms with E-state index in [1.807, 2.05) is 7.05 Å². The number of nitrogens with one attached hydrogen (secondary N) is 1. The monoisotopic (exact) mass is 207 g/mol. The second-order valence-corrected chi connectivity index (χ2v) is 4.02. The van der Waals surface area contributed by atoms with Crippen LogP contribution in [0.1, 0.15) is 24.5 Å². The number of likely N-dealkylation sites (tertiary alicyclic amines) is 1. The van der Waals surface area contributed by atoms with Gasteiger partial charge in [-0.2, -0.15) is 0 Å². The Hall–Kier alpha value is -1.23. The van der Waals surface area contributed by atoms with Crippen molar-refractivity contribution in [1.82, 2.24) is 20.1 Å². The lowest BCUT2D eigenvalue weighted by Gasteiger charge is -2.28. The van der Waals surface area contributed by atoms with Gasteiger partial charge >= 0.3 is 0 Å². The van der Waals surface area contributed by atoms with Gasteiger partial charge in [0.25, 0.3) is 0 Å². The van der Waals surface area contributed by atoms with E-state index in [0.29, 0.717) is 5.92 Å². The molecule has 0 bridgehead atoms. The molecular weight excluding hydrogens is 190 g/mol. The molecule has 1 N–H and O–H groups in total. The third kappa shape index (κ3) is 2.23. The molecule has 0 unspecified atom stereocenters. The minimum Gasteiger partial charge on any atom is -0.372 e. The van der Waals surface area contributed by atoms with Crippen molar-refractivity contribution >= 4 is 5.82 Å². The van der Waals surface area contributed by atoms with Gasteiger partial charge in [-0.05, 0) is 33.0 Å². The molecule has 1 fully saturated rings. The van der Waals surface area contributed by atoms with E-state index in [1.165, 1.54) is 6.33 Å². The summed E-state index contributed by atoms with van der Waals surface area (Å²) in [6.45, 7) is 2.26. The summed E-state index contributed by atoms with van der Waals surface area (Å²) in [6, 6.07) is 0. The van der Waals surface area contributed by atoms with Crippen LogP contribution in [-0.2, 0) is 0 Å². The van der Waals surface area contributed by atoms with Gasteiger partial charge in [-0.3, -0.25) is 0 Å². The van der Waals surface area contributed by atoms with Crippen LogP contribution >= 0.6 is 0 Å². The fraction of sp³-hybridized carbons (Fsp3) is 0.700. The molecule has 0 aromatic carbocycles. The molecule has 1 aliphatic heterocycles. The van der Waals surface area contributed by atoms with E-state index >= 15 is 0 Å². The van der Waals surface area contributed by atoms with Crippen molar-refractivity contribution in [3.8, 4) is 0 Å². The first-order valence-electron chi connectivity index (χ1n) is 5.35. The minimum absolute atomic E-state index is 0.504. The van der Waals surface area contributed by atoms with Crippen molar-refractivity contribution in [2.24, 2.45) is 0 Å². The van der Waals surface area contributed by atoms with Crippen molar-refractivity contribution in [3.05, 3.63) is 12.0 Å². The Labute approximate surface area is 89.9 Å². The summed E-state index contributed by atoms with van der Waals surface area (Å²) >= 11 is 0. The van der Waals surface area contributed by atoms with Crippen LogP contribution in [0.4, 0.5) is 5.82 Å². The van der Waals surface area contributed by atoms with Gasteiger partial charge in [0.2, 0.25) is 0 Å². The highest BCUT2D eigenvalue weighted by atomic mass is 15.2. The predicted molar refractivity (Wildman–Crippen MR) is 58.8 cm³/mol. The standard InChI is InChI=1S/C10H17N5/c1-11-10-9(14-13-7-12-10)8-3-5-15(2)6-4-8/h7-8H,3-6H2,1-2H3,(H,11,12,13). The number of hydrogen-bond acceptors (Lipinski definition) is 5. The van der Waals surface area contributed by atoms with Crippen LogP contribution in [0.15, 0.2) is 6.33 Å². The molecule has 15 heavy (non-hydrogen) atoms. The number of rotatable bonds is 2. The van der Waals surface area contributed by atoms with Gasteiger partial charge in [-0.1, -0.05) is 0 Å². The minimum atomic E-state index is 0.504. The maximum Gasteiger partial charge on any atom is 0.151 e. The molecule has 0 saturated carbocycles. The van der Waals surface area contributed by atoms with Crippen LogP contribution in [0.5, 0.6) is 0 Å². The molecule has 5 heteroatoms. The molecule has 0 amide bonds. The van der Waals surface area contributed by atoms with Gasteiger partial charge in [0.15, 0.2) is 5.82 Å². The van der Waals surface area contributed by atoms with Crippen molar-refractivity contribution in [3.63, 3.8) is 0 Å². The quantitative estimate of drug-likeness (QED) is 0.774. The average Bonchev–Trinajstić information content (AvgIpc) is 2.30. The molecule has 1 aromatic heterocycles. The molecular formula is C10H17N5. The highest BCUT2D eigenvalue weighted by Gasteiger charge is 2.22. The molecule has 0 radical (unpaired) electrons. The zero-order chi connectivity index (χ0) is 10.7. The van der Waals surface area contributed by atoms with Crippen LogP contribution < -0.4 is 5.32 Å². The van der Waals surface area contributed by atoms with Crippen LogP contribution in [0, 0.1) is 0 Å². The Bertz CT molecular complexity index is 319. The molecule has 82 valence electrons. The summed E-state index contributed by atoms with van der Waals surface area (Å²) in [4.78, 5) is 6.54. The summed E-state index contributed by atoms with van der Waals surface area (Å²) in [5.74, 6) is 1.38. The van der Waals surface area contributed by atoms with Crippen molar-refractivity contribution < 1.29 is 0 Å². The fourth-order valence-corrected chi connectivity index (χ4v) is 2.03. The van der Waals surface area contributed by atoms with E-state index in [0.717, 1.165) is 37.4 Å². The highest BCUT2D eigenvalue weighted by Crippen LogP contribution is 2.28. The van der Waals surface area contributed by atoms with Crippen LogP contribution in [0.2, 0.25) is 0 Å². The molecule has 1 aromatic rings. The molecule has 5 nitrogen and oxygen atoms in total. The Morgan fingerprint density at radius 3 is 2.80 bits per heavy atom. The molecule has 2 heterocycles. The van der Waals surface area contributed by atoms with E-state index in [9.17, 15) is 0 Å². The third-order valence-corrected chi connectivity index (χ3v) is 2.99. The first-order chi connectivity index (χ1) is 7.31. The molecule has 0 spiro atoms. The lowest BCUT2D eigenvalue weighted by molar-refractivity contribution is 0.253. The number of piperidine rings is 1. The Balaban J connectivity index is 2.15. The normalized spacial score (nSPS) is 19.1. The maximum absolute atomic E-state index is 4.20. The van der Waals surface area contributed by atoms with Crippen molar-refractivity contribution in [2.75, 3.05) is 32.5 Å². The van der Waals surface area contributed by atoms with Crippen LogP contribution in [-0.4, -0.2) is 47.3 Å². The van der Waals surface area contributed by atoms with Gasteiger partial charge in [0.1, 0.15) is 12.0 Å². The zero-order valence-corrected chi connectivity index (χ0v) is 9.27. The first-order valence-corrected chi connectivity index (χ1v) is 5.35.